The topological polar surface area (TPSA) is 31.5 Å². The van der Waals surface area contributed by atoms with Crippen molar-refractivity contribution in [3.8, 4) is 0 Å². The molecular formula is H9CaMgOP. The van der Waals surface area contributed by atoms with Crippen molar-refractivity contribution in [3.05, 3.63) is 0 Å². The molecule has 0 radical (unpaired) electrons. The van der Waals surface area contributed by atoms with Gasteiger partial charge < -0.3 is 5.48 Å². The van der Waals surface area contributed by atoms with Gasteiger partial charge in [0, 0.05) is 0 Å². The van der Waals surface area contributed by atoms with Gasteiger partial charge in [-0.15, -0.1) is 0 Å². The number of rotatable bonds is 0. The van der Waals surface area contributed by atoms with Gasteiger partial charge in [0.15, 0.2) is 0 Å². The molecular weight excluding hydrogens is 111 g/mol. The Morgan fingerprint density at radius 2 is 1.00 bits per heavy atom. The van der Waals surface area contributed by atoms with Crippen LogP contribution in [0.1, 0.15) is 0 Å². The Hall–Kier alpha value is 2.42. The molecule has 0 aliphatic carbocycles. The van der Waals surface area contributed by atoms with Crippen LogP contribution in [0.2, 0.25) is 0 Å². The summed E-state index contributed by atoms with van der Waals surface area (Å²) in [5, 5.41) is 0. The SMILES string of the molecule is O.P.[CaH2].[MgH2]. The molecule has 4 heavy (non-hydrogen) atoms. The molecule has 0 heterocycles. The van der Waals surface area contributed by atoms with Gasteiger partial charge in [0.1, 0.15) is 0 Å². The maximum atomic E-state index is 0. The summed E-state index contributed by atoms with van der Waals surface area (Å²) in [5.74, 6) is 0. The van der Waals surface area contributed by atoms with E-state index in [9.17, 15) is 0 Å². The molecule has 0 aliphatic heterocycles. The zero-order valence-corrected chi connectivity index (χ0v) is 2.62. The first kappa shape index (κ1) is 32.2. The van der Waals surface area contributed by atoms with Crippen LogP contribution in [0.5, 0.6) is 0 Å². The first-order valence-electron chi connectivity index (χ1n) is 0. The molecule has 1 atom stereocenters. The van der Waals surface area contributed by atoms with Crippen LogP contribution in [0.3, 0.4) is 0 Å². The average molecular weight is 120 g/mol. The molecule has 0 aliphatic rings. The van der Waals surface area contributed by atoms with Crippen molar-refractivity contribution in [2.45, 2.75) is 0 Å². The third-order valence-electron chi connectivity index (χ3n) is 0. The van der Waals surface area contributed by atoms with Crippen molar-refractivity contribution >= 4 is 70.7 Å². The van der Waals surface area contributed by atoms with E-state index in [4.69, 9.17) is 0 Å². The van der Waals surface area contributed by atoms with E-state index in [0.717, 1.165) is 0 Å². The second kappa shape index (κ2) is 18.1. The van der Waals surface area contributed by atoms with Gasteiger partial charge in [-0.25, -0.2) is 0 Å². The Labute approximate surface area is 75.0 Å². The quantitative estimate of drug-likeness (QED) is 0.248. The van der Waals surface area contributed by atoms with Crippen LogP contribution in [-0.4, -0.2) is 66.3 Å². The van der Waals surface area contributed by atoms with Gasteiger partial charge in [-0.2, -0.15) is 9.90 Å². The molecule has 0 spiro atoms. The summed E-state index contributed by atoms with van der Waals surface area (Å²) in [4.78, 5) is 0. The van der Waals surface area contributed by atoms with E-state index >= 15 is 0 Å². The second-order valence-electron chi connectivity index (χ2n) is 0. The summed E-state index contributed by atoms with van der Waals surface area (Å²) in [7, 11) is 0. The van der Waals surface area contributed by atoms with E-state index < -0.39 is 0 Å². The van der Waals surface area contributed by atoms with Crippen molar-refractivity contribution in [1.82, 2.24) is 0 Å². The van der Waals surface area contributed by atoms with E-state index in [1.165, 1.54) is 0 Å². The first-order valence-corrected chi connectivity index (χ1v) is 0. The predicted molar refractivity (Wildman–Crippen MR) is 31.8 cm³/mol. The Morgan fingerprint density at radius 3 is 1.00 bits per heavy atom. The van der Waals surface area contributed by atoms with Gasteiger partial charge in [0.2, 0.25) is 0 Å². The molecule has 0 rings (SSSR count). The van der Waals surface area contributed by atoms with Crippen molar-refractivity contribution in [2.75, 3.05) is 0 Å². The Kier molecular flexibility index (Phi) is 146. The van der Waals surface area contributed by atoms with Gasteiger partial charge in [-0.3, -0.25) is 0 Å². The molecule has 0 bridgehead atoms. The van der Waals surface area contributed by atoms with Crippen molar-refractivity contribution in [2.24, 2.45) is 0 Å². The second-order valence-corrected chi connectivity index (χ2v) is 0. The fourth-order valence-electron chi connectivity index (χ4n) is 0. The van der Waals surface area contributed by atoms with Crippen LogP contribution < -0.4 is 0 Å². The maximum Gasteiger partial charge on any atom is 0.316 e. The number of hydrogen-bond acceptors (Lipinski definition) is 0. The Bertz CT molecular complexity index is 8.00. The molecule has 0 aromatic rings. The zero-order valence-electron chi connectivity index (χ0n) is 1.21. The first-order chi connectivity index (χ1) is 0. The van der Waals surface area contributed by atoms with Crippen LogP contribution >= 0.6 is 9.90 Å². The Balaban J connectivity index is 0. The van der Waals surface area contributed by atoms with Gasteiger partial charge in [-0.1, -0.05) is 0 Å². The van der Waals surface area contributed by atoms with Crippen LogP contribution in [0.4, 0.5) is 0 Å². The molecule has 1 unspecified atom stereocenters. The van der Waals surface area contributed by atoms with Crippen LogP contribution in [0.15, 0.2) is 0 Å². The normalized spacial score (nSPS) is 0. The van der Waals surface area contributed by atoms with E-state index in [1.54, 1.807) is 0 Å². The van der Waals surface area contributed by atoms with E-state index in [1.807, 2.05) is 0 Å². The minimum atomic E-state index is 0. The van der Waals surface area contributed by atoms with Gasteiger partial charge in [-0.05, 0) is 0 Å². The molecule has 0 aromatic carbocycles. The average Bonchev–Trinajstić information content (AvgIpc) is 0. The van der Waals surface area contributed by atoms with Crippen LogP contribution in [-0.2, 0) is 0 Å². The smallest absolute Gasteiger partial charge is 0.316 e. The van der Waals surface area contributed by atoms with Crippen molar-refractivity contribution < 1.29 is 5.48 Å². The van der Waals surface area contributed by atoms with Gasteiger partial charge >= 0.3 is 60.8 Å². The minimum Gasteiger partial charge on any atom is 0.316 e. The molecule has 4 heteroatoms. The summed E-state index contributed by atoms with van der Waals surface area (Å²) >= 11 is 0. The van der Waals surface area contributed by atoms with E-state index in [0.29, 0.717) is 0 Å². The van der Waals surface area contributed by atoms with Crippen molar-refractivity contribution in [3.63, 3.8) is 0 Å². The molecule has 24 valence electrons. The fourth-order valence-corrected chi connectivity index (χ4v) is 0. The third-order valence-corrected chi connectivity index (χ3v) is 0. The maximum absolute atomic E-state index is 0. The fraction of sp³-hybridized carbons (Fsp3) is 0. The van der Waals surface area contributed by atoms with E-state index in [-0.39, 0.29) is 76.2 Å². The van der Waals surface area contributed by atoms with Gasteiger partial charge in [0.25, 0.3) is 0 Å². The summed E-state index contributed by atoms with van der Waals surface area (Å²) in [6.07, 6.45) is 0. The minimum absolute atomic E-state index is 0. The molecule has 0 fully saturated rings. The third kappa shape index (κ3) is 8.83. The molecule has 1 nitrogen and oxygen atoms in total. The predicted octanol–water partition coefficient (Wildman–Crippen LogP) is -2.60. The molecule has 0 amide bonds. The van der Waals surface area contributed by atoms with Crippen molar-refractivity contribution in [1.29, 1.82) is 0 Å². The van der Waals surface area contributed by atoms with Gasteiger partial charge in [0.05, 0.1) is 0 Å². The van der Waals surface area contributed by atoms with E-state index in [2.05, 4.69) is 0 Å². The molecule has 0 saturated heterocycles. The van der Waals surface area contributed by atoms with Crippen LogP contribution in [0.25, 0.3) is 0 Å². The Morgan fingerprint density at radius 1 is 1.00 bits per heavy atom. The molecule has 0 saturated carbocycles. The number of hydrogen-bond donors (Lipinski definition) is 0. The summed E-state index contributed by atoms with van der Waals surface area (Å²) in [6, 6.07) is 0. The summed E-state index contributed by atoms with van der Waals surface area (Å²) in [5.41, 5.74) is 0. The van der Waals surface area contributed by atoms with Crippen LogP contribution in [0, 0.1) is 0 Å². The summed E-state index contributed by atoms with van der Waals surface area (Å²) in [6.45, 7) is 0. The largest absolute Gasteiger partial charge is 0.316 e. The monoisotopic (exact) mass is 120 g/mol. The molecule has 2 N–H and O–H groups in total. The standard InChI is InChI=1S/Ca.Mg.H2O.H3P.4H/h;;1H2;1H3;;;;. The molecule has 0 aromatic heterocycles. The summed E-state index contributed by atoms with van der Waals surface area (Å²) < 4.78 is 0. The zero-order chi connectivity index (χ0) is 0.